The maximum Gasteiger partial charge on any atom is 0.0302 e. The molecule has 2 aliphatic carbocycles. The average molecular weight is 292 g/mol. The van der Waals surface area contributed by atoms with Crippen LogP contribution in [0.25, 0.3) is 0 Å². The van der Waals surface area contributed by atoms with Gasteiger partial charge in [-0.25, -0.2) is 0 Å². The molecular formula is C17H28N2S. The summed E-state index contributed by atoms with van der Waals surface area (Å²) >= 11 is 1.98. The van der Waals surface area contributed by atoms with Gasteiger partial charge in [0.1, 0.15) is 0 Å². The molecule has 1 aromatic heterocycles. The summed E-state index contributed by atoms with van der Waals surface area (Å²) in [6, 6.07) is 3.24. The van der Waals surface area contributed by atoms with Crippen molar-refractivity contribution < 1.29 is 0 Å². The van der Waals surface area contributed by atoms with Crippen LogP contribution in [0.2, 0.25) is 0 Å². The summed E-state index contributed by atoms with van der Waals surface area (Å²) in [5, 5.41) is 3.62. The molecule has 0 aliphatic heterocycles. The van der Waals surface area contributed by atoms with Gasteiger partial charge in [0.25, 0.3) is 0 Å². The zero-order valence-corrected chi connectivity index (χ0v) is 13.8. The number of hydrogen-bond acceptors (Lipinski definition) is 3. The van der Waals surface area contributed by atoms with Crippen molar-refractivity contribution >= 4 is 11.3 Å². The van der Waals surface area contributed by atoms with E-state index in [0.717, 1.165) is 25.0 Å². The number of nitrogens with one attached hydrogen (secondary N) is 1. The minimum absolute atomic E-state index is 0.811. The Bertz CT molecular complexity index is 430. The van der Waals surface area contributed by atoms with Crippen molar-refractivity contribution in [3.8, 4) is 0 Å². The van der Waals surface area contributed by atoms with Crippen LogP contribution in [-0.2, 0) is 13.1 Å². The van der Waals surface area contributed by atoms with E-state index in [1.807, 2.05) is 11.3 Å². The van der Waals surface area contributed by atoms with Gasteiger partial charge in [-0.15, -0.1) is 11.3 Å². The van der Waals surface area contributed by atoms with E-state index in [0.29, 0.717) is 0 Å². The summed E-state index contributed by atoms with van der Waals surface area (Å²) in [5.41, 5.74) is 1.54. The smallest absolute Gasteiger partial charge is 0.0302 e. The quantitative estimate of drug-likeness (QED) is 0.819. The van der Waals surface area contributed by atoms with Crippen LogP contribution in [-0.4, -0.2) is 24.5 Å². The second-order valence-corrected chi connectivity index (χ2v) is 8.14. The number of aryl methyl sites for hydroxylation is 1. The van der Waals surface area contributed by atoms with Crippen molar-refractivity contribution in [1.29, 1.82) is 0 Å². The predicted octanol–water partition coefficient (Wildman–Crippen LogP) is 3.93. The molecule has 0 radical (unpaired) electrons. The lowest BCUT2D eigenvalue weighted by Crippen LogP contribution is -2.24. The number of nitrogens with zero attached hydrogens (tertiary/aromatic N) is 1. The summed E-state index contributed by atoms with van der Waals surface area (Å²) in [4.78, 5) is 5.55. The fourth-order valence-electron chi connectivity index (χ4n) is 3.35. The third-order valence-electron chi connectivity index (χ3n) is 4.70. The van der Waals surface area contributed by atoms with Crippen LogP contribution in [0.5, 0.6) is 0 Å². The summed E-state index contributed by atoms with van der Waals surface area (Å²) in [6.07, 6.45) is 8.55. The third-order valence-corrected chi connectivity index (χ3v) is 5.79. The Morgan fingerprint density at radius 2 is 2.00 bits per heavy atom. The number of rotatable bonds is 7. The Balaban J connectivity index is 1.49. The van der Waals surface area contributed by atoms with Crippen molar-refractivity contribution in [2.45, 2.75) is 64.6 Å². The van der Waals surface area contributed by atoms with Gasteiger partial charge in [0.05, 0.1) is 0 Å². The zero-order chi connectivity index (χ0) is 13.9. The van der Waals surface area contributed by atoms with Crippen LogP contribution in [0.1, 0.15) is 53.8 Å². The van der Waals surface area contributed by atoms with Crippen LogP contribution < -0.4 is 5.32 Å². The van der Waals surface area contributed by atoms with Crippen molar-refractivity contribution in [2.24, 2.45) is 5.92 Å². The molecule has 1 aromatic rings. The first kappa shape index (κ1) is 14.6. The van der Waals surface area contributed by atoms with E-state index in [-0.39, 0.29) is 0 Å². The van der Waals surface area contributed by atoms with E-state index < -0.39 is 0 Å². The van der Waals surface area contributed by atoms with E-state index in [1.54, 1.807) is 5.56 Å². The first-order chi connectivity index (χ1) is 9.70. The number of thiophene rings is 1. The summed E-state index contributed by atoms with van der Waals surface area (Å²) in [5.74, 6) is 0.954. The van der Waals surface area contributed by atoms with E-state index >= 15 is 0 Å². The molecule has 2 fully saturated rings. The van der Waals surface area contributed by atoms with Gasteiger partial charge in [-0.05, 0) is 57.2 Å². The van der Waals surface area contributed by atoms with Gasteiger partial charge in [-0.3, -0.25) is 0 Å². The molecule has 0 amide bonds. The zero-order valence-electron chi connectivity index (χ0n) is 13.0. The van der Waals surface area contributed by atoms with Crippen LogP contribution in [0, 0.1) is 12.8 Å². The Hall–Kier alpha value is -0.380. The molecule has 3 rings (SSSR count). The highest BCUT2D eigenvalue weighted by Gasteiger charge is 2.21. The van der Waals surface area contributed by atoms with Crippen LogP contribution >= 0.6 is 11.3 Å². The van der Waals surface area contributed by atoms with Crippen molar-refractivity contribution in [3.63, 3.8) is 0 Å². The van der Waals surface area contributed by atoms with E-state index in [9.17, 15) is 0 Å². The molecule has 3 heteroatoms. The lowest BCUT2D eigenvalue weighted by Gasteiger charge is -2.20. The Kier molecular flexibility index (Phi) is 4.79. The third kappa shape index (κ3) is 4.06. The van der Waals surface area contributed by atoms with Gasteiger partial charge in [-0.1, -0.05) is 12.8 Å². The normalized spacial score (nSPS) is 20.1. The minimum Gasteiger partial charge on any atom is -0.309 e. The maximum absolute atomic E-state index is 3.62. The monoisotopic (exact) mass is 292 g/mol. The van der Waals surface area contributed by atoms with Gasteiger partial charge < -0.3 is 10.2 Å². The van der Waals surface area contributed by atoms with Gasteiger partial charge in [0.2, 0.25) is 0 Å². The van der Waals surface area contributed by atoms with Gasteiger partial charge in [0.15, 0.2) is 0 Å². The summed E-state index contributed by atoms with van der Waals surface area (Å²) in [6.45, 7) is 5.76. The van der Waals surface area contributed by atoms with E-state index in [2.05, 4.69) is 30.3 Å². The van der Waals surface area contributed by atoms with Crippen molar-refractivity contribution in [3.05, 3.63) is 21.4 Å². The Labute approximate surface area is 127 Å². The predicted molar refractivity (Wildman–Crippen MR) is 87.2 cm³/mol. The molecule has 0 atom stereocenters. The fourth-order valence-corrected chi connectivity index (χ4v) is 4.36. The summed E-state index contributed by atoms with van der Waals surface area (Å²) < 4.78 is 0. The Morgan fingerprint density at radius 3 is 2.70 bits per heavy atom. The molecule has 0 unspecified atom stereocenters. The standard InChI is InChI=1S/C17H28N2S/c1-13-15(9-17(20-13)10-18-16-7-8-16)12-19(2)11-14-5-3-4-6-14/h9,14,16,18H,3-8,10-12H2,1-2H3. The average Bonchev–Trinajstić information content (AvgIpc) is 2.99. The molecule has 2 aliphatic rings. The SMILES string of the molecule is Cc1sc(CNC2CC2)cc1CN(C)CC1CCCC1. The van der Waals surface area contributed by atoms with Crippen LogP contribution in [0.3, 0.4) is 0 Å². The number of hydrogen-bond donors (Lipinski definition) is 1. The molecule has 1 heterocycles. The molecule has 112 valence electrons. The highest BCUT2D eigenvalue weighted by Crippen LogP contribution is 2.27. The van der Waals surface area contributed by atoms with Crippen molar-refractivity contribution in [2.75, 3.05) is 13.6 Å². The molecule has 2 saturated carbocycles. The maximum atomic E-state index is 3.62. The molecule has 0 bridgehead atoms. The van der Waals surface area contributed by atoms with Gasteiger partial charge in [-0.2, -0.15) is 0 Å². The van der Waals surface area contributed by atoms with E-state index in [4.69, 9.17) is 0 Å². The lowest BCUT2D eigenvalue weighted by molar-refractivity contribution is 0.271. The first-order valence-electron chi connectivity index (χ1n) is 8.21. The first-order valence-corrected chi connectivity index (χ1v) is 9.02. The van der Waals surface area contributed by atoms with Crippen LogP contribution in [0.15, 0.2) is 6.07 Å². The van der Waals surface area contributed by atoms with Crippen LogP contribution in [0.4, 0.5) is 0 Å². The summed E-state index contributed by atoms with van der Waals surface area (Å²) in [7, 11) is 2.29. The van der Waals surface area contributed by atoms with Gasteiger partial charge in [0, 0.05) is 35.4 Å². The topological polar surface area (TPSA) is 15.3 Å². The second-order valence-electron chi connectivity index (χ2n) is 6.80. The largest absolute Gasteiger partial charge is 0.309 e. The molecule has 0 aromatic carbocycles. The highest BCUT2D eigenvalue weighted by molar-refractivity contribution is 7.12. The fraction of sp³-hybridized carbons (Fsp3) is 0.765. The molecule has 2 nitrogen and oxygen atoms in total. The van der Waals surface area contributed by atoms with Gasteiger partial charge >= 0.3 is 0 Å². The Morgan fingerprint density at radius 1 is 1.25 bits per heavy atom. The van der Waals surface area contributed by atoms with Crippen molar-refractivity contribution in [1.82, 2.24) is 10.2 Å². The molecule has 1 N–H and O–H groups in total. The second kappa shape index (κ2) is 6.59. The molecule has 20 heavy (non-hydrogen) atoms. The highest BCUT2D eigenvalue weighted by atomic mass is 32.1. The molecular weight excluding hydrogens is 264 g/mol. The molecule has 0 saturated heterocycles. The molecule has 0 spiro atoms. The lowest BCUT2D eigenvalue weighted by atomic mass is 10.1. The minimum atomic E-state index is 0.811. The van der Waals surface area contributed by atoms with E-state index in [1.165, 1.54) is 54.8 Å².